The zero-order chi connectivity index (χ0) is 13.4. The molecule has 0 spiro atoms. The lowest BCUT2D eigenvalue weighted by Gasteiger charge is -2.50. The summed E-state index contributed by atoms with van der Waals surface area (Å²) in [6.07, 6.45) is 10.9. The Hall–Kier alpha value is -0.790. The molecule has 4 aliphatic carbocycles. The Morgan fingerprint density at radius 1 is 1.37 bits per heavy atom. The van der Waals surface area contributed by atoms with E-state index in [1.165, 1.54) is 25.7 Å². The molecule has 7 atom stereocenters. The van der Waals surface area contributed by atoms with Gasteiger partial charge in [-0.1, -0.05) is 25.5 Å². The first-order valence-corrected chi connectivity index (χ1v) is 7.95. The Morgan fingerprint density at radius 3 is 2.84 bits per heavy atom. The second-order valence-corrected chi connectivity index (χ2v) is 7.74. The number of carboxylic acid groups (broad SMARTS) is 1. The van der Waals surface area contributed by atoms with Crippen molar-refractivity contribution in [2.75, 3.05) is 0 Å². The number of carboxylic acids is 1. The number of rotatable bonds is 3. The van der Waals surface area contributed by atoms with Crippen molar-refractivity contribution in [3.05, 3.63) is 12.2 Å². The summed E-state index contributed by atoms with van der Waals surface area (Å²) in [5, 5.41) is 9.68. The van der Waals surface area contributed by atoms with E-state index in [1.54, 1.807) is 0 Å². The molecule has 2 nitrogen and oxygen atoms in total. The SMILES string of the molecule is CCCC12C3C=CC(C3)C1C1CC2CC1(C)C(=O)O. The van der Waals surface area contributed by atoms with Gasteiger partial charge in [0.1, 0.15) is 0 Å². The van der Waals surface area contributed by atoms with Gasteiger partial charge in [-0.15, -0.1) is 0 Å². The van der Waals surface area contributed by atoms with Gasteiger partial charge in [-0.05, 0) is 67.6 Å². The zero-order valence-electron chi connectivity index (χ0n) is 11.9. The number of allylic oxidation sites excluding steroid dienone is 2. The Labute approximate surface area is 115 Å². The maximum absolute atomic E-state index is 11.8. The van der Waals surface area contributed by atoms with Crippen molar-refractivity contribution >= 4 is 5.97 Å². The molecule has 4 bridgehead atoms. The van der Waals surface area contributed by atoms with Crippen LogP contribution in [0.2, 0.25) is 0 Å². The predicted octanol–water partition coefficient (Wildman–Crippen LogP) is 3.73. The average molecular weight is 260 g/mol. The molecule has 0 heterocycles. The van der Waals surface area contributed by atoms with Crippen LogP contribution in [-0.2, 0) is 4.79 Å². The molecule has 2 heteroatoms. The van der Waals surface area contributed by atoms with E-state index in [2.05, 4.69) is 19.1 Å². The van der Waals surface area contributed by atoms with Gasteiger partial charge in [0.05, 0.1) is 5.41 Å². The lowest BCUT2D eigenvalue weighted by Crippen LogP contribution is -2.48. The Kier molecular flexibility index (Phi) is 2.18. The average Bonchev–Trinajstić information content (AvgIpc) is 3.05. The predicted molar refractivity (Wildman–Crippen MR) is 73.5 cm³/mol. The van der Waals surface area contributed by atoms with Gasteiger partial charge < -0.3 is 5.11 Å². The molecule has 4 aliphatic rings. The molecule has 3 fully saturated rings. The van der Waals surface area contributed by atoms with E-state index in [9.17, 15) is 9.90 Å². The fourth-order valence-corrected chi connectivity index (χ4v) is 6.79. The van der Waals surface area contributed by atoms with E-state index in [0.29, 0.717) is 29.1 Å². The van der Waals surface area contributed by atoms with Gasteiger partial charge in [0.15, 0.2) is 0 Å². The van der Waals surface area contributed by atoms with Crippen LogP contribution in [0.25, 0.3) is 0 Å². The van der Waals surface area contributed by atoms with E-state index >= 15 is 0 Å². The fourth-order valence-electron chi connectivity index (χ4n) is 6.79. The molecule has 0 aliphatic heterocycles. The highest BCUT2D eigenvalue weighted by atomic mass is 16.4. The van der Waals surface area contributed by atoms with Crippen LogP contribution in [0, 0.1) is 40.4 Å². The van der Waals surface area contributed by atoms with Crippen molar-refractivity contribution in [2.24, 2.45) is 40.4 Å². The second kappa shape index (κ2) is 3.45. The summed E-state index contributed by atoms with van der Waals surface area (Å²) in [6, 6.07) is 0. The van der Waals surface area contributed by atoms with Crippen molar-refractivity contribution in [3.63, 3.8) is 0 Å². The standard InChI is InChI=1S/C17H24O2/c1-3-6-17-11-5-4-10(7-11)14(17)13-8-12(17)9-16(13,2)15(18)19/h4-5,10-14H,3,6-9H2,1-2H3,(H,18,19). The van der Waals surface area contributed by atoms with Crippen LogP contribution in [0.4, 0.5) is 0 Å². The van der Waals surface area contributed by atoms with Crippen LogP contribution in [0.3, 0.4) is 0 Å². The molecule has 104 valence electrons. The minimum Gasteiger partial charge on any atom is -0.481 e. The third-order valence-electron chi connectivity index (χ3n) is 7.28. The summed E-state index contributed by atoms with van der Waals surface area (Å²) < 4.78 is 0. The first-order valence-electron chi connectivity index (χ1n) is 7.95. The number of fused-ring (bicyclic) bond motifs is 9. The molecular formula is C17H24O2. The summed E-state index contributed by atoms with van der Waals surface area (Å²) in [6.45, 7) is 4.31. The van der Waals surface area contributed by atoms with E-state index < -0.39 is 11.4 Å². The number of hydrogen-bond donors (Lipinski definition) is 1. The third kappa shape index (κ3) is 1.14. The number of aliphatic carboxylic acids is 1. The second-order valence-electron chi connectivity index (χ2n) is 7.74. The molecule has 0 radical (unpaired) electrons. The summed E-state index contributed by atoms with van der Waals surface area (Å²) >= 11 is 0. The van der Waals surface area contributed by atoms with Gasteiger partial charge in [-0.25, -0.2) is 0 Å². The third-order valence-corrected chi connectivity index (χ3v) is 7.28. The summed E-state index contributed by atoms with van der Waals surface area (Å²) in [5.74, 6) is 2.67. The minimum atomic E-state index is -0.545. The minimum absolute atomic E-state index is 0.432. The lowest BCUT2D eigenvalue weighted by atomic mass is 9.53. The van der Waals surface area contributed by atoms with E-state index in [1.807, 2.05) is 6.92 Å². The molecule has 4 rings (SSSR count). The fraction of sp³-hybridized carbons (Fsp3) is 0.824. The molecule has 7 unspecified atom stereocenters. The quantitative estimate of drug-likeness (QED) is 0.620. The van der Waals surface area contributed by atoms with Gasteiger partial charge in [0.2, 0.25) is 0 Å². The smallest absolute Gasteiger partial charge is 0.309 e. The van der Waals surface area contributed by atoms with Gasteiger partial charge in [0.25, 0.3) is 0 Å². The summed E-state index contributed by atoms with van der Waals surface area (Å²) in [4.78, 5) is 11.8. The Bertz CT molecular complexity index is 468. The van der Waals surface area contributed by atoms with Gasteiger partial charge >= 0.3 is 5.97 Å². The van der Waals surface area contributed by atoms with Crippen LogP contribution in [-0.4, -0.2) is 11.1 Å². The highest BCUT2D eigenvalue weighted by Gasteiger charge is 2.73. The van der Waals surface area contributed by atoms with Crippen LogP contribution in [0.5, 0.6) is 0 Å². The van der Waals surface area contributed by atoms with E-state index in [-0.39, 0.29) is 0 Å². The largest absolute Gasteiger partial charge is 0.481 e. The molecule has 0 amide bonds. The van der Waals surface area contributed by atoms with Crippen molar-refractivity contribution in [2.45, 2.75) is 46.0 Å². The van der Waals surface area contributed by atoms with Gasteiger partial charge in [-0.3, -0.25) is 4.79 Å². The molecule has 19 heavy (non-hydrogen) atoms. The van der Waals surface area contributed by atoms with Crippen LogP contribution >= 0.6 is 0 Å². The molecule has 0 aromatic carbocycles. The van der Waals surface area contributed by atoms with Crippen molar-refractivity contribution in [1.29, 1.82) is 0 Å². The van der Waals surface area contributed by atoms with Crippen molar-refractivity contribution in [3.8, 4) is 0 Å². The zero-order valence-corrected chi connectivity index (χ0v) is 11.9. The highest BCUT2D eigenvalue weighted by molar-refractivity contribution is 5.75. The normalized spacial score (nSPS) is 56.8. The van der Waals surface area contributed by atoms with Crippen molar-refractivity contribution < 1.29 is 9.90 Å². The molecular weight excluding hydrogens is 236 g/mol. The molecule has 0 saturated heterocycles. The Morgan fingerprint density at radius 2 is 2.16 bits per heavy atom. The van der Waals surface area contributed by atoms with Crippen LogP contribution in [0.15, 0.2) is 12.2 Å². The molecule has 3 saturated carbocycles. The lowest BCUT2D eigenvalue weighted by molar-refractivity contribution is -0.156. The highest BCUT2D eigenvalue weighted by Crippen LogP contribution is 2.77. The van der Waals surface area contributed by atoms with E-state index in [4.69, 9.17) is 0 Å². The molecule has 0 aromatic heterocycles. The topological polar surface area (TPSA) is 37.3 Å². The monoisotopic (exact) mass is 260 g/mol. The number of carbonyl (C=O) groups is 1. The Balaban J connectivity index is 1.79. The van der Waals surface area contributed by atoms with Crippen LogP contribution in [0.1, 0.15) is 46.0 Å². The number of hydrogen-bond acceptors (Lipinski definition) is 1. The van der Waals surface area contributed by atoms with Gasteiger partial charge in [-0.2, -0.15) is 0 Å². The summed E-state index contributed by atoms with van der Waals surface area (Å²) in [5.41, 5.74) is 0.0404. The maximum Gasteiger partial charge on any atom is 0.309 e. The molecule has 0 aromatic rings. The summed E-state index contributed by atoms with van der Waals surface area (Å²) in [7, 11) is 0. The molecule has 1 N–H and O–H groups in total. The van der Waals surface area contributed by atoms with Gasteiger partial charge in [0, 0.05) is 0 Å². The van der Waals surface area contributed by atoms with Crippen molar-refractivity contribution in [1.82, 2.24) is 0 Å². The first kappa shape index (κ1) is 12.0. The van der Waals surface area contributed by atoms with E-state index in [0.717, 1.165) is 12.3 Å². The van der Waals surface area contributed by atoms with Crippen LogP contribution < -0.4 is 0 Å². The maximum atomic E-state index is 11.8. The first-order chi connectivity index (χ1) is 9.04.